The number of rotatable bonds is 18. The summed E-state index contributed by atoms with van der Waals surface area (Å²) in [6, 6.07) is 39.2. The fraction of sp³-hybridized carbons (Fsp3) is 0.352. The van der Waals surface area contributed by atoms with Gasteiger partial charge in [0.2, 0.25) is 5.56 Å². The number of nitrogens with one attached hydrogen (secondary N) is 3. The summed E-state index contributed by atoms with van der Waals surface area (Å²) in [5.74, 6) is 0.702. The molecule has 14 nitrogen and oxygen atoms in total. The largest absolute Gasteiger partial charge is 0.506 e. The Kier molecular flexibility index (Phi) is 15.1. The highest BCUT2D eigenvalue weighted by Crippen LogP contribution is 2.32. The number of phenols is 1. The molecule has 10 rings (SSSR count). The van der Waals surface area contributed by atoms with E-state index in [0.717, 1.165) is 87.5 Å². The van der Waals surface area contributed by atoms with Gasteiger partial charge in [-0.15, -0.1) is 0 Å². The molecule has 4 fully saturated rings. The predicted molar refractivity (Wildman–Crippen MR) is 259 cm³/mol. The number of aliphatic hydroxyl groups excluding tert-OH is 1. The van der Waals surface area contributed by atoms with Crippen LogP contribution in [0.5, 0.6) is 11.5 Å². The molecule has 1 amide bonds. The third-order valence-electron chi connectivity index (χ3n) is 13.5. The van der Waals surface area contributed by atoms with E-state index in [1.54, 1.807) is 24.3 Å². The molecular formula is C54H60N6O8. The SMILES string of the molecule is O=C(N[C@@H](c1ccccc1)c1cccc(OCc2ccc(C(=O)OCCN3CCN(Cc4ccc(CNC[C@H](O)c5ccc(O)c6[nH]c(=O)ccc56)cc4)CC3)cc2)c1)O[C@@H]1CN2CCC1CC2. The van der Waals surface area contributed by atoms with E-state index in [0.29, 0.717) is 66.5 Å². The van der Waals surface area contributed by atoms with Gasteiger partial charge in [0.25, 0.3) is 0 Å². The van der Waals surface area contributed by atoms with Crippen LogP contribution in [0.4, 0.5) is 4.79 Å². The molecule has 5 heterocycles. The van der Waals surface area contributed by atoms with E-state index in [9.17, 15) is 24.6 Å². The zero-order valence-corrected chi connectivity index (χ0v) is 38.2. The topological polar surface area (TPSA) is 169 Å². The number of alkyl carbamates (subject to hydrolysis) is 1. The van der Waals surface area contributed by atoms with Gasteiger partial charge in [0.15, 0.2) is 0 Å². The zero-order chi connectivity index (χ0) is 46.8. The zero-order valence-electron chi connectivity index (χ0n) is 38.2. The molecule has 6 aromatic rings. The second-order valence-electron chi connectivity index (χ2n) is 18.1. The molecular weight excluding hydrogens is 861 g/mol. The highest BCUT2D eigenvalue weighted by atomic mass is 16.6. The average molecular weight is 921 g/mol. The lowest BCUT2D eigenvalue weighted by molar-refractivity contribution is -0.0336. The number of hydrogen-bond acceptors (Lipinski definition) is 12. The van der Waals surface area contributed by atoms with E-state index in [1.807, 2.05) is 66.7 Å². The smallest absolute Gasteiger partial charge is 0.408 e. The van der Waals surface area contributed by atoms with Crippen molar-refractivity contribution in [1.29, 1.82) is 0 Å². The number of piperidine rings is 3. The quantitative estimate of drug-likeness (QED) is 0.0594. The molecule has 14 heteroatoms. The number of aromatic amines is 1. The molecule has 5 aromatic carbocycles. The van der Waals surface area contributed by atoms with E-state index < -0.39 is 18.2 Å². The lowest BCUT2D eigenvalue weighted by atomic mass is 9.86. The Morgan fingerprint density at radius 2 is 1.49 bits per heavy atom. The number of H-pyrrole nitrogens is 1. The second kappa shape index (κ2) is 22.0. The van der Waals surface area contributed by atoms with E-state index >= 15 is 0 Å². The first-order chi connectivity index (χ1) is 33.2. The molecule has 3 atom stereocenters. The van der Waals surface area contributed by atoms with Crippen molar-refractivity contribution in [3.05, 3.63) is 177 Å². The Labute approximate surface area is 396 Å². The molecule has 1 aromatic heterocycles. The minimum Gasteiger partial charge on any atom is -0.506 e. The fourth-order valence-electron chi connectivity index (χ4n) is 9.58. The number of aliphatic hydroxyl groups is 1. The molecule has 0 spiro atoms. The number of piperazine rings is 1. The Morgan fingerprint density at radius 3 is 2.24 bits per heavy atom. The molecule has 4 aliphatic rings. The van der Waals surface area contributed by atoms with E-state index in [1.165, 1.54) is 17.7 Å². The summed E-state index contributed by atoms with van der Waals surface area (Å²) in [6.07, 6.45) is 0.824. The third-order valence-corrected chi connectivity index (χ3v) is 13.5. The van der Waals surface area contributed by atoms with Crippen molar-refractivity contribution in [2.75, 3.05) is 65.5 Å². The number of ether oxygens (including phenoxy) is 3. The minimum atomic E-state index is -0.819. The van der Waals surface area contributed by atoms with Gasteiger partial charge in [-0.2, -0.15) is 0 Å². The molecule has 0 radical (unpaired) electrons. The number of amides is 1. The number of hydrogen-bond donors (Lipinski definition) is 5. The standard InChI is InChI=1S/C54H60N6O8/c61-47-19-17-45(46-18-20-50(63)56-52(46)47)48(62)33-55-32-37-9-11-38(12-10-37)34-60-27-25-58(26-28-60)29-30-66-53(64)42-15-13-39(14-16-42)36-67-44-8-4-7-43(31-44)51(41-5-2-1-3-6-41)57-54(65)68-49-35-59-23-21-40(49)22-24-59/h1-20,31,40,48-49,51,55,61-62H,21-30,32-36H2,(H,56,63)(H,57,65)/t48-,49+,51-/m0/s1. The minimum absolute atomic E-state index is 0.0333. The molecule has 354 valence electrons. The van der Waals surface area contributed by atoms with Crippen molar-refractivity contribution in [1.82, 2.24) is 30.3 Å². The van der Waals surface area contributed by atoms with Crippen LogP contribution in [0.15, 0.2) is 132 Å². The number of esters is 1. The number of pyridine rings is 1. The summed E-state index contributed by atoms with van der Waals surface area (Å²) < 4.78 is 17.9. The first kappa shape index (κ1) is 46.6. The molecule has 0 aliphatic carbocycles. The number of fused-ring (bicyclic) bond motifs is 4. The summed E-state index contributed by atoms with van der Waals surface area (Å²) in [4.78, 5) is 47.7. The first-order valence-electron chi connectivity index (χ1n) is 23.7. The van der Waals surface area contributed by atoms with Gasteiger partial charge in [0, 0.05) is 70.4 Å². The van der Waals surface area contributed by atoms with Crippen LogP contribution in [0.25, 0.3) is 10.9 Å². The molecule has 0 saturated carbocycles. The highest BCUT2D eigenvalue weighted by Gasteiger charge is 2.37. The number of aromatic hydroxyl groups is 1. The molecule has 68 heavy (non-hydrogen) atoms. The monoisotopic (exact) mass is 920 g/mol. The normalized spacial score (nSPS) is 19.3. The van der Waals surface area contributed by atoms with Gasteiger partial charge < -0.3 is 40.0 Å². The lowest BCUT2D eigenvalue weighted by Gasteiger charge is -2.43. The fourth-order valence-corrected chi connectivity index (χ4v) is 9.58. The van der Waals surface area contributed by atoms with Crippen LogP contribution >= 0.6 is 0 Å². The Bertz CT molecular complexity index is 2680. The molecule has 2 bridgehead atoms. The third kappa shape index (κ3) is 11.9. The van der Waals surface area contributed by atoms with Gasteiger partial charge in [-0.3, -0.25) is 19.5 Å². The summed E-state index contributed by atoms with van der Waals surface area (Å²) in [6.45, 7) is 9.61. The summed E-state index contributed by atoms with van der Waals surface area (Å²) >= 11 is 0. The van der Waals surface area contributed by atoms with Crippen molar-refractivity contribution in [2.45, 2.75) is 50.8 Å². The van der Waals surface area contributed by atoms with Gasteiger partial charge in [-0.25, -0.2) is 9.59 Å². The van der Waals surface area contributed by atoms with Gasteiger partial charge in [0.05, 0.1) is 23.2 Å². The van der Waals surface area contributed by atoms with Gasteiger partial charge in [-0.05, 0) is 102 Å². The van der Waals surface area contributed by atoms with Crippen LogP contribution in [0.1, 0.15) is 68.7 Å². The predicted octanol–water partition coefficient (Wildman–Crippen LogP) is 6.52. The van der Waals surface area contributed by atoms with Crippen LogP contribution in [0.2, 0.25) is 0 Å². The molecule has 4 aliphatic heterocycles. The van der Waals surface area contributed by atoms with Crippen LogP contribution in [-0.2, 0) is 29.2 Å². The number of nitrogens with zero attached hydrogens (tertiary/aromatic N) is 3. The number of aromatic nitrogens is 1. The van der Waals surface area contributed by atoms with E-state index in [-0.39, 0.29) is 23.4 Å². The second-order valence-corrected chi connectivity index (χ2v) is 18.1. The average Bonchev–Trinajstić information content (AvgIpc) is 3.37. The van der Waals surface area contributed by atoms with Crippen LogP contribution in [-0.4, -0.2) is 114 Å². The number of carbonyl (C=O) groups is 2. The molecule has 4 saturated heterocycles. The van der Waals surface area contributed by atoms with Crippen LogP contribution < -0.4 is 20.9 Å². The maximum atomic E-state index is 13.3. The Morgan fingerprint density at radius 1 is 0.765 bits per heavy atom. The number of benzene rings is 5. The van der Waals surface area contributed by atoms with Gasteiger partial charge in [0.1, 0.15) is 30.8 Å². The lowest BCUT2D eigenvalue weighted by Crippen LogP contribution is -2.52. The summed E-state index contributed by atoms with van der Waals surface area (Å²) in [7, 11) is 0. The van der Waals surface area contributed by atoms with Crippen LogP contribution in [0.3, 0.4) is 0 Å². The van der Waals surface area contributed by atoms with Gasteiger partial charge >= 0.3 is 12.1 Å². The van der Waals surface area contributed by atoms with Crippen molar-refractivity contribution < 1.29 is 34.0 Å². The Balaban J connectivity index is 0.673. The van der Waals surface area contributed by atoms with Gasteiger partial charge in [-0.1, -0.05) is 84.9 Å². The van der Waals surface area contributed by atoms with Crippen LogP contribution in [0, 0.1) is 5.92 Å². The van der Waals surface area contributed by atoms with E-state index in [2.05, 4.69) is 54.6 Å². The number of phenolic OH excluding ortho intramolecular Hbond substituents is 1. The molecule has 0 unspecified atom stereocenters. The number of carbonyl (C=O) groups excluding carboxylic acids is 2. The summed E-state index contributed by atoms with van der Waals surface area (Å²) in [5, 5.41) is 28.1. The van der Waals surface area contributed by atoms with Crippen molar-refractivity contribution in [3.63, 3.8) is 0 Å². The van der Waals surface area contributed by atoms with Crippen molar-refractivity contribution >= 4 is 23.0 Å². The Hall–Kier alpha value is -6.55. The highest BCUT2D eigenvalue weighted by molar-refractivity contribution is 5.89. The van der Waals surface area contributed by atoms with E-state index in [4.69, 9.17) is 14.2 Å². The first-order valence-corrected chi connectivity index (χ1v) is 23.7. The maximum absolute atomic E-state index is 13.3. The maximum Gasteiger partial charge on any atom is 0.408 e. The summed E-state index contributed by atoms with van der Waals surface area (Å²) in [5.41, 5.74) is 6.19. The molecule has 5 N–H and O–H groups in total. The van der Waals surface area contributed by atoms with Crippen molar-refractivity contribution in [2.24, 2.45) is 5.92 Å². The van der Waals surface area contributed by atoms with Crippen molar-refractivity contribution in [3.8, 4) is 11.5 Å².